The Bertz CT molecular complexity index is 813. The zero-order valence-corrected chi connectivity index (χ0v) is 15.6. The van der Waals surface area contributed by atoms with Gasteiger partial charge in [0.05, 0.1) is 11.4 Å². The molecule has 1 amide bonds. The van der Waals surface area contributed by atoms with Gasteiger partial charge in [0.2, 0.25) is 15.9 Å². The first-order valence-electron chi connectivity index (χ1n) is 8.24. The number of likely N-dealkylation sites (N-methyl/N-ethyl adjacent to an activating group) is 1. The molecule has 0 heterocycles. The highest BCUT2D eigenvalue weighted by atomic mass is 32.2. The fourth-order valence-corrected chi connectivity index (χ4v) is 3.55. The Kier molecular flexibility index (Phi) is 6.33. The van der Waals surface area contributed by atoms with E-state index in [1.54, 1.807) is 24.3 Å². The van der Waals surface area contributed by atoms with Crippen molar-refractivity contribution >= 4 is 21.6 Å². The van der Waals surface area contributed by atoms with Crippen molar-refractivity contribution in [1.82, 2.24) is 4.31 Å². The van der Waals surface area contributed by atoms with Crippen molar-refractivity contribution in [3.05, 3.63) is 59.7 Å². The number of hydrogen-bond donors (Lipinski definition) is 1. The average Bonchev–Trinajstić information content (AvgIpc) is 2.57. The quantitative estimate of drug-likeness (QED) is 0.824. The smallest absolute Gasteiger partial charge is 0.243 e. The maximum atomic E-state index is 12.5. The van der Waals surface area contributed by atoms with Gasteiger partial charge in [-0.25, -0.2) is 8.42 Å². The molecule has 0 fully saturated rings. The third-order valence-corrected chi connectivity index (χ3v) is 5.69. The van der Waals surface area contributed by atoms with Crippen LogP contribution in [-0.2, 0) is 21.2 Å². The van der Waals surface area contributed by atoms with E-state index in [0.717, 1.165) is 22.7 Å². The Balaban J connectivity index is 2.00. The van der Waals surface area contributed by atoms with Crippen LogP contribution in [0.25, 0.3) is 0 Å². The SMILES string of the molecule is CCCc1ccc(NC(=O)CN(C)S(=O)(=O)c2ccc(C)cc2)cc1. The third kappa shape index (κ3) is 5.14. The fraction of sp³-hybridized carbons (Fsp3) is 0.316. The Labute approximate surface area is 149 Å². The first-order chi connectivity index (χ1) is 11.8. The highest BCUT2D eigenvalue weighted by Crippen LogP contribution is 2.15. The molecule has 0 saturated heterocycles. The van der Waals surface area contributed by atoms with Gasteiger partial charge in [0, 0.05) is 12.7 Å². The Morgan fingerprint density at radius 2 is 1.64 bits per heavy atom. The lowest BCUT2D eigenvalue weighted by Crippen LogP contribution is -2.34. The maximum absolute atomic E-state index is 12.5. The van der Waals surface area contributed by atoms with Crippen molar-refractivity contribution in [3.63, 3.8) is 0 Å². The lowest BCUT2D eigenvalue weighted by Gasteiger charge is -2.17. The minimum Gasteiger partial charge on any atom is -0.325 e. The second-order valence-corrected chi connectivity index (χ2v) is 8.11. The van der Waals surface area contributed by atoms with Crippen molar-refractivity contribution < 1.29 is 13.2 Å². The molecule has 0 saturated carbocycles. The number of anilines is 1. The van der Waals surface area contributed by atoms with Gasteiger partial charge in [-0.3, -0.25) is 4.79 Å². The van der Waals surface area contributed by atoms with Crippen LogP contribution >= 0.6 is 0 Å². The molecule has 6 heteroatoms. The summed E-state index contributed by atoms with van der Waals surface area (Å²) in [5.74, 6) is -0.374. The standard InChI is InChI=1S/C19H24N2O3S/c1-4-5-16-8-10-17(11-9-16)20-19(22)14-21(3)25(23,24)18-12-6-15(2)7-13-18/h6-13H,4-5,14H2,1-3H3,(H,20,22). The number of aryl methyl sites for hydroxylation is 2. The predicted molar refractivity (Wildman–Crippen MR) is 100 cm³/mol. The molecule has 2 rings (SSSR count). The molecule has 0 aliphatic rings. The first kappa shape index (κ1) is 19.1. The van der Waals surface area contributed by atoms with Crippen LogP contribution < -0.4 is 5.32 Å². The van der Waals surface area contributed by atoms with E-state index in [1.165, 1.54) is 12.6 Å². The zero-order valence-electron chi connectivity index (χ0n) is 14.8. The normalized spacial score (nSPS) is 11.5. The highest BCUT2D eigenvalue weighted by Gasteiger charge is 2.22. The van der Waals surface area contributed by atoms with E-state index in [2.05, 4.69) is 12.2 Å². The first-order valence-corrected chi connectivity index (χ1v) is 9.68. The van der Waals surface area contributed by atoms with Crippen LogP contribution in [0.4, 0.5) is 5.69 Å². The molecule has 134 valence electrons. The molecule has 5 nitrogen and oxygen atoms in total. The van der Waals surface area contributed by atoms with Gasteiger partial charge < -0.3 is 5.32 Å². The molecule has 0 bridgehead atoms. The summed E-state index contributed by atoms with van der Waals surface area (Å²) >= 11 is 0. The fourth-order valence-electron chi connectivity index (χ4n) is 2.42. The topological polar surface area (TPSA) is 66.5 Å². The van der Waals surface area contributed by atoms with E-state index in [-0.39, 0.29) is 17.3 Å². The maximum Gasteiger partial charge on any atom is 0.243 e. The van der Waals surface area contributed by atoms with Gasteiger partial charge in [0.25, 0.3) is 0 Å². The van der Waals surface area contributed by atoms with E-state index in [0.29, 0.717) is 5.69 Å². The van der Waals surface area contributed by atoms with E-state index in [4.69, 9.17) is 0 Å². The number of hydrogen-bond acceptors (Lipinski definition) is 3. The van der Waals surface area contributed by atoms with Crippen molar-refractivity contribution in [1.29, 1.82) is 0 Å². The van der Waals surface area contributed by atoms with Gasteiger partial charge in [0.15, 0.2) is 0 Å². The van der Waals surface area contributed by atoms with Crippen LogP contribution in [0.3, 0.4) is 0 Å². The molecule has 0 aliphatic heterocycles. The zero-order chi connectivity index (χ0) is 18.4. The minimum atomic E-state index is -3.68. The molecule has 1 N–H and O–H groups in total. The number of benzene rings is 2. The van der Waals surface area contributed by atoms with Gasteiger partial charge in [-0.1, -0.05) is 43.2 Å². The summed E-state index contributed by atoms with van der Waals surface area (Å²) in [5, 5.41) is 2.73. The van der Waals surface area contributed by atoms with Crippen molar-refractivity contribution in [3.8, 4) is 0 Å². The summed E-state index contributed by atoms with van der Waals surface area (Å²) in [7, 11) is -2.28. The average molecular weight is 360 g/mol. The Morgan fingerprint density at radius 1 is 1.04 bits per heavy atom. The van der Waals surface area contributed by atoms with Crippen LogP contribution in [0.2, 0.25) is 0 Å². The number of carbonyl (C=O) groups excluding carboxylic acids is 1. The molecule has 0 aromatic heterocycles. The summed E-state index contributed by atoms with van der Waals surface area (Å²) in [6.45, 7) is 3.76. The molecule has 0 unspecified atom stereocenters. The summed E-state index contributed by atoms with van der Waals surface area (Å²) in [6.07, 6.45) is 2.05. The second kappa shape index (κ2) is 8.27. The van der Waals surface area contributed by atoms with Crippen LogP contribution in [-0.4, -0.2) is 32.2 Å². The van der Waals surface area contributed by atoms with Gasteiger partial charge in [-0.15, -0.1) is 0 Å². The summed E-state index contributed by atoms with van der Waals surface area (Å²) in [6, 6.07) is 14.2. The lowest BCUT2D eigenvalue weighted by atomic mass is 10.1. The number of amides is 1. The van der Waals surface area contributed by atoms with Crippen LogP contribution in [0.5, 0.6) is 0 Å². The van der Waals surface area contributed by atoms with Crippen molar-refractivity contribution in [2.75, 3.05) is 18.9 Å². The molecular weight excluding hydrogens is 336 g/mol. The molecule has 0 radical (unpaired) electrons. The van der Waals surface area contributed by atoms with Crippen molar-refractivity contribution in [2.24, 2.45) is 0 Å². The van der Waals surface area contributed by atoms with E-state index in [1.807, 2.05) is 31.2 Å². The largest absolute Gasteiger partial charge is 0.325 e. The van der Waals surface area contributed by atoms with E-state index >= 15 is 0 Å². The molecular formula is C19H24N2O3S. The van der Waals surface area contributed by atoms with Gasteiger partial charge >= 0.3 is 0 Å². The van der Waals surface area contributed by atoms with Crippen LogP contribution in [0, 0.1) is 6.92 Å². The minimum absolute atomic E-state index is 0.178. The van der Waals surface area contributed by atoms with E-state index in [9.17, 15) is 13.2 Å². The van der Waals surface area contributed by atoms with Gasteiger partial charge in [-0.2, -0.15) is 4.31 Å². The molecule has 0 spiro atoms. The third-order valence-electron chi connectivity index (χ3n) is 3.87. The predicted octanol–water partition coefficient (Wildman–Crippen LogP) is 3.21. The molecule has 0 atom stereocenters. The molecule has 2 aromatic carbocycles. The van der Waals surface area contributed by atoms with Crippen LogP contribution in [0.15, 0.2) is 53.4 Å². The molecule has 2 aromatic rings. The lowest BCUT2D eigenvalue weighted by molar-refractivity contribution is -0.116. The van der Waals surface area contributed by atoms with Gasteiger partial charge in [-0.05, 0) is 43.2 Å². The van der Waals surface area contributed by atoms with Crippen LogP contribution in [0.1, 0.15) is 24.5 Å². The Hall–Kier alpha value is -2.18. The van der Waals surface area contributed by atoms with Gasteiger partial charge in [0.1, 0.15) is 0 Å². The molecule has 0 aliphatic carbocycles. The summed E-state index contributed by atoms with van der Waals surface area (Å²) in [4.78, 5) is 12.3. The number of sulfonamides is 1. The van der Waals surface area contributed by atoms with Crippen molar-refractivity contribution in [2.45, 2.75) is 31.6 Å². The monoisotopic (exact) mass is 360 g/mol. The highest BCUT2D eigenvalue weighted by molar-refractivity contribution is 7.89. The van der Waals surface area contributed by atoms with E-state index < -0.39 is 10.0 Å². The Morgan fingerprint density at radius 3 is 2.20 bits per heavy atom. The number of carbonyl (C=O) groups is 1. The summed E-state index contributed by atoms with van der Waals surface area (Å²) < 4.78 is 26.0. The number of nitrogens with zero attached hydrogens (tertiary/aromatic N) is 1. The second-order valence-electron chi connectivity index (χ2n) is 6.07. The number of nitrogens with one attached hydrogen (secondary N) is 1. The summed E-state index contributed by atoms with van der Waals surface area (Å²) in [5.41, 5.74) is 2.84. The molecule has 25 heavy (non-hydrogen) atoms. The number of rotatable bonds is 7.